The predicted octanol–water partition coefficient (Wildman–Crippen LogP) is 4.47. The third kappa shape index (κ3) is 3.22. The van der Waals surface area contributed by atoms with Gasteiger partial charge in [0.1, 0.15) is 0 Å². The zero-order chi connectivity index (χ0) is 14.7. The van der Waals surface area contributed by atoms with Crippen LogP contribution in [0.1, 0.15) is 67.7 Å². The van der Waals surface area contributed by atoms with Crippen molar-refractivity contribution in [2.24, 2.45) is 0 Å². The maximum Gasteiger partial charge on any atom is 0.0762 e. The first-order valence-electron chi connectivity index (χ1n) is 8.15. The second kappa shape index (κ2) is 6.75. The molecular weight excluding hydrogens is 278 g/mol. The smallest absolute Gasteiger partial charge is 0.0762 e. The highest BCUT2D eigenvalue weighted by atomic mass is 32.1. The van der Waals surface area contributed by atoms with E-state index in [1.54, 1.807) is 4.88 Å². The average molecular weight is 303 g/mol. The summed E-state index contributed by atoms with van der Waals surface area (Å²) in [6.45, 7) is 5.33. The minimum absolute atomic E-state index is 0.512. The second-order valence-corrected chi connectivity index (χ2v) is 6.88. The van der Waals surface area contributed by atoms with E-state index in [0.29, 0.717) is 12.1 Å². The lowest BCUT2D eigenvalue weighted by Crippen LogP contribution is -2.24. The Balaban J connectivity index is 1.62. The van der Waals surface area contributed by atoms with Crippen LogP contribution in [0.3, 0.4) is 0 Å². The quantitative estimate of drug-likeness (QED) is 0.853. The molecule has 114 valence electrons. The Kier molecular flexibility index (Phi) is 4.76. The zero-order valence-corrected chi connectivity index (χ0v) is 13.8. The Labute approximate surface area is 131 Å². The fourth-order valence-corrected chi connectivity index (χ4v) is 4.25. The lowest BCUT2D eigenvalue weighted by molar-refractivity contribution is 0.418. The molecule has 0 bridgehead atoms. The van der Waals surface area contributed by atoms with Gasteiger partial charge in [-0.2, -0.15) is 5.10 Å². The fraction of sp³-hybridized carbons (Fsp3) is 0.588. The summed E-state index contributed by atoms with van der Waals surface area (Å²) in [6, 6.07) is 5.50. The number of thiophene rings is 1. The average Bonchev–Trinajstić information content (AvgIpc) is 3.15. The molecule has 1 unspecified atom stereocenters. The summed E-state index contributed by atoms with van der Waals surface area (Å²) in [5.74, 6) is 0. The van der Waals surface area contributed by atoms with Gasteiger partial charge in [0.05, 0.1) is 11.7 Å². The minimum Gasteiger partial charge on any atom is -0.304 e. The molecule has 0 saturated carbocycles. The van der Waals surface area contributed by atoms with Crippen molar-refractivity contribution < 1.29 is 0 Å². The number of nitrogens with zero attached hydrogens (tertiary/aromatic N) is 2. The molecule has 0 amide bonds. The molecule has 3 rings (SSSR count). The van der Waals surface area contributed by atoms with Crippen LogP contribution in [-0.2, 0) is 13.0 Å². The molecule has 2 aromatic rings. The van der Waals surface area contributed by atoms with E-state index < -0.39 is 0 Å². The van der Waals surface area contributed by atoms with Gasteiger partial charge in [-0.25, -0.2) is 0 Å². The molecule has 0 radical (unpaired) electrons. The Morgan fingerprint density at radius 3 is 3.05 bits per heavy atom. The van der Waals surface area contributed by atoms with E-state index in [1.807, 2.05) is 11.3 Å². The van der Waals surface area contributed by atoms with Crippen LogP contribution in [0, 0.1) is 0 Å². The van der Waals surface area contributed by atoms with Crippen LogP contribution in [0.15, 0.2) is 23.7 Å². The zero-order valence-electron chi connectivity index (χ0n) is 13.0. The summed E-state index contributed by atoms with van der Waals surface area (Å²) in [7, 11) is 0. The second-order valence-electron chi connectivity index (χ2n) is 5.88. The largest absolute Gasteiger partial charge is 0.304 e. The third-order valence-corrected chi connectivity index (χ3v) is 5.56. The molecular formula is C17H25N3S. The van der Waals surface area contributed by atoms with Gasteiger partial charge in [-0.05, 0) is 55.2 Å². The van der Waals surface area contributed by atoms with Gasteiger partial charge < -0.3 is 5.32 Å². The van der Waals surface area contributed by atoms with E-state index in [2.05, 4.69) is 47.6 Å². The molecule has 1 atom stereocenters. The van der Waals surface area contributed by atoms with Crippen LogP contribution in [0.2, 0.25) is 0 Å². The highest BCUT2D eigenvalue weighted by molar-refractivity contribution is 7.10. The van der Waals surface area contributed by atoms with Gasteiger partial charge in [-0.3, -0.25) is 4.68 Å². The van der Waals surface area contributed by atoms with Crippen molar-refractivity contribution in [2.75, 3.05) is 0 Å². The number of rotatable bonds is 6. The maximum absolute atomic E-state index is 4.74. The Morgan fingerprint density at radius 1 is 1.38 bits per heavy atom. The van der Waals surface area contributed by atoms with E-state index in [-0.39, 0.29) is 0 Å². The summed E-state index contributed by atoms with van der Waals surface area (Å²) in [6.07, 6.45) is 8.22. The standard InChI is InChI=1S/C17H25N3S/c1-3-14(4-2)20-10-8-13(19-20)12-18-16-6-5-7-17-15(16)9-11-21-17/h8-11,14,16,18H,3-7,12H2,1-2H3. The van der Waals surface area contributed by atoms with E-state index in [9.17, 15) is 0 Å². The molecule has 21 heavy (non-hydrogen) atoms. The SMILES string of the molecule is CCC(CC)n1ccc(CNC2CCCc3sccc32)n1. The number of aryl methyl sites for hydroxylation is 1. The van der Waals surface area contributed by atoms with E-state index in [4.69, 9.17) is 5.10 Å². The molecule has 0 aromatic carbocycles. The van der Waals surface area contributed by atoms with Crippen LogP contribution >= 0.6 is 11.3 Å². The van der Waals surface area contributed by atoms with Crippen LogP contribution in [0.4, 0.5) is 0 Å². The van der Waals surface area contributed by atoms with Crippen LogP contribution in [-0.4, -0.2) is 9.78 Å². The lowest BCUT2D eigenvalue weighted by atomic mass is 9.94. The molecule has 1 aliphatic carbocycles. The van der Waals surface area contributed by atoms with Crippen LogP contribution < -0.4 is 5.32 Å². The van der Waals surface area contributed by atoms with Crippen LogP contribution in [0.25, 0.3) is 0 Å². The molecule has 1 N–H and O–H groups in total. The Hall–Kier alpha value is -1.13. The van der Waals surface area contributed by atoms with Gasteiger partial charge >= 0.3 is 0 Å². The number of fused-ring (bicyclic) bond motifs is 1. The molecule has 1 aliphatic rings. The summed E-state index contributed by atoms with van der Waals surface area (Å²) in [5, 5.41) is 10.7. The van der Waals surface area contributed by atoms with Gasteiger partial charge in [-0.1, -0.05) is 13.8 Å². The van der Waals surface area contributed by atoms with Gasteiger partial charge in [0.2, 0.25) is 0 Å². The van der Waals surface area contributed by atoms with Crippen molar-refractivity contribution >= 4 is 11.3 Å². The molecule has 0 aliphatic heterocycles. The minimum atomic E-state index is 0.512. The number of hydrogen-bond acceptors (Lipinski definition) is 3. The summed E-state index contributed by atoms with van der Waals surface area (Å²) < 4.78 is 2.13. The highest BCUT2D eigenvalue weighted by Gasteiger charge is 2.20. The van der Waals surface area contributed by atoms with Crippen molar-refractivity contribution in [3.05, 3.63) is 39.8 Å². The summed E-state index contributed by atoms with van der Waals surface area (Å²) in [5.41, 5.74) is 2.68. The molecule has 0 fully saturated rings. The molecule has 3 nitrogen and oxygen atoms in total. The van der Waals surface area contributed by atoms with Gasteiger partial charge in [0, 0.05) is 23.7 Å². The van der Waals surface area contributed by atoms with Crippen molar-refractivity contribution in [3.63, 3.8) is 0 Å². The van der Waals surface area contributed by atoms with Gasteiger partial charge in [-0.15, -0.1) is 11.3 Å². The predicted molar refractivity (Wildman–Crippen MR) is 88.7 cm³/mol. The Morgan fingerprint density at radius 2 is 2.24 bits per heavy atom. The third-order valence-electron chi connectivity index (χ3n) is 4.56. The highest BCUT2D eigenvalue weighted by Crippen LogP contribution is 2.33. The first-order valence-corrected chi connectivity index (χ1v) is 9.03. The van der Waals surface area contributed by atoms with Crippen molar-refractivity contribution in [2.45, 2.75) is 64.6 Å². The summed E-state index contributed by atoms with van der Waals surface area (Å²) >= 11 is 1.91. The topological polar surface area (TPSA) is 29.9 Å². The fourth-order valence-electron chi connectivity index (χ4n) is 3.26. The van der Waals surface area contributed by atoms with E-state index in [1.165, 1.54) is 24.8 Å². The van der Waals surface area contributed by atoms with E-state index in [0.717, 1.165) is 25.1 Å². The first kappa shape index (κ1) is 14.8. The van der Waals surface area contributed by atoms with Crippen molar-refractivity contribution in [3.8, 4) is 0 Å². The normalized spacial score (nSPS) is 18.1. The molecule has 0 spiro atoms. The molecule has 0 saturated heterocycles. The molecule has 2 aromatic heterocycles. The number of hydrogen-bond donors (Lipinski definition) is 1. The molecule has 4 heteroatoms. The first-order chi connectivity index (χ1) is 10.3. The summed E-state index contributed by atoms with van der Waals surface area (Å²) in [4.78, 5) is 1.57. The Bertz CT molecular complexity index is 568. The number of aromatic nitrogens is 2. The van der Waals surface area contributed by atoms with Crippen LogP contribution in [0.5, 0.6) is 0 Å². The lowest BCUT2D eigenvalue weighted by Gasteiger charge is -2.23. The van der Waals surface area contributed by atoms with Crippen molar-refractivity contribution in [1.29, 1.82) is 0 Å². The van der Waals surface area contributed by atoms with Gasteiger partial charge in [0.25, 0.3) is 0 Å². The maximum atomic E-state index is 4.74. The number of nitrogens with one attached hydrogen (secondary N) is 1. The van der Waals surface area contributed by atoms with E-state index >= 15 is 0 Å². The molecule has 2 heterocycles. The monoisotopic (exact) mass is 303 g/mol. The van der Waals surface area contributed by atoms with Gasteiger partial charge in [0.15, 0.2) is 0 Å². The van der Waals surface area contributed by atoms with Crippen molar-refractivity contribution in [1.82, 2.24) is 15.1 Å².